The number of rotatable bonds is 5. The Balaban J connectivity index is 1.11. The van der Waals surface area contributed by atoms with E-state index >= 15 is 0 Å². The Bertz CT molecular complexity index is 1090. The van der Waals surface area contributed by atoms with Crippen molar-refractivity contribution in [2.24, 2.45) is 0 Å². The second kappa shape index (κ2) is 9.74. The van der Waals surface area contributed by atoms with Crippen molar-refractivity contribution in [2.45, 2.75) is 69.5 Å². The van der Waals surface area contributed by atoms with E-state index in [1.165, 1.54) is 19.3 Å². The molecular weight excluding hydrogens is 464 g/mol. The van der Waals surface area contributed by atoms with Gasteiger partial charge in [0, 0.05) is 50.7 Å². The maximum Gasteiger partial charge on any atom is 0.252 e. The Hall–Kier alpha value is -2.12. The van der Waals surface area contributed by atoms with Gasteiger partial charge in [0.25, 0.3) is 5.91 Å². The van der Waals surface area contributed by atoms with Gasteiger partial charge in [0.2, 0.25) is 5.79 Å². The van der Waals surface area contributed by atoms with Crippen molar-refractivity contribution in [1.82, 2.24) is 10.2 Å². The van der Waals surface area contributed by atoms with E-state index in [4.69, 9.17) is 25.8 Å². The Labute approximate surface area is 211 Å². The maximum absolute atomic E-state index is 12.6. The first-order valence-corrected chi connectivity index (χ1v) is 13.4. The fourth-order valence-corrected chi connectivity index (χ4v) is 5.89. The van der Waals surface area contributed by atoms with Crippen LogP contribution >= 0.6 is 11.6 Å². The minimum absolute atomic E-state index is 0.103. The van der Waals surface area contributed by atoms with E-state index in [9.17, 15) is 4.79 Å². The van der Waals surface area contributed by atoms with Crippen LogP contribution in [0.4, 0.5) is 0 Å². The van der Waals surface area contributed by atoms with E-state index < -0.39 is 5.79 Å². The molecule has 4 aliphatic rings. The molecule has 0 radical (unpaired) electrons. The summed E-state index contributed by atoms with van der Waals surface area (Å²) in [5.41, 5.74) is 3.51. The van der Waals surface area contributed by atoms with E-state index in [0.717, 1.165) is 73.9 Å². The molecule has 6 nitrogen and oxygen atoms in total. The summed E-state index contributed by atoms with van der Waals surface area (Å²) in [5, 5.41) is 3.38. The number of nitrogens with one attached hydrogen (secondary N) is 1. The monoisotopic (exact) mass is 496 g/mol. The van der Waals surface area contributed by atoms with E-state index in [2.05, 4.69) is 22.3 Å². The van der Waals surface area contributed by atoms with Crippen LogP contribution in [0, 0.1) is 0 Å². The van der Waals surface area contributed by atoms with Gasteiger partial charge in [-0.25, -0.2) is 0 Å². The van der Waals surface area contributed by atoms with Crippen LogP contribution in [0.25, 0.3) is 11.1 Å². The van der Waals surface area contributed by atoms with E-state index in [1.54, 1.807) is 6.07 Å². The third-order valence-electron chi connectivity index (χ3n) is 8.06. The summed E-state index contributed by atoms with van der Waals surface area (Å²) in [5.74, 6) is 0.252. The minimum Gasteiger partial charge on any atom is -0.462 e. The number of benzene rings is 2. The highest BCUT2D eigenvalue weighted by atomic mass is 35.5. The molecule has 1 saturated carbocycles. The van der Waals surface area contributed by atoms with Crippen molar-refractivity contribution < 1.29 is 19.0 Å². The molecule has 0 unspecified atom stereocenters. The number of carbonyl (C=O) groups is 1. The Morgan fingerprint density at radius 3 is 2.57 bits per heavy atom. The zero-order valence-corrected chi connectivity index (χ0v) is 20.8. The highest BCUT2D eigenvalue weighted by Gasteiger charge is 2.42. The van der Waals surface area contributed by atoms with Crippen LogP contribution in [0.1, 0.15) is 60.9 Å². The van der Waals surface area contributed by atoms with Crippen molar-refractivity contribution >= 4 is 17.5 Å². The van der Waals surface area contributed by atoms with Crippen LogP contribution in [-0.2, 0) is 16.1 Å². The molecule has 1 amide bonds. The van der Waals surface area contributed by atoms with Crippen LogP contribution in [0.2, 0.25) is 5.02 Å². The molecule has 7 heteroatoms. The average Bonchev–Trinajstić information content (AvgIpc) is 3.36. The summed E-state index contributed by atoms with van der Waals surface area (Å²) >= 11 is 6.51. The second-order valence-electron chi connectivity index (χ2n) is 10.3. The molecule has 35 heavy (non-hydrogen) atoms. The molecule has 1 N–H and O–H groups in total. The van der Waals surface area contributed by atoms with Crippen LogP contribution in [0.15, 0.2) is 36.4 Å². The van der Waals surface area contributed by atoms with Crippen LogP contribution in [-0.4, -0.2) is 55.0 Å². The molecule has 1 atom stereocenters. The van der Waals surface area contributed by atoms with E-state index in [-0.39, 0.29) is 12.0 Å². The first-order valence-electron chi connectivity index (χ1n) is 13.0. The number of carbonyl (C=O) groups excluding carboxylic acids is 1. The smallest absolute Gasteiger partial charge is 0.252 e. The lowest BCUT2D eigenvalue weighted by molar-refractivity contribution is -0.231. The molecule has 1 aliphatic carbocycles. The molecule has 3 heterocycles. The van der Waals surface area contributed by atoms with Crippen molar-refractivity contribution in [3.05, 3.63) is 52.5 Å². The van der Waals surface area contributed by atoms with Gasteiger partial charge < -0.3 is 19.5 Å². The Kier molecular flexibility index (Phi) is 6.48. The van der Waals surface area contributed by atoms with Gasteiger partial charge in [0.1, 0.15) is 5.75 Å². The van der Waals surface area contributed by atoms with Crippen molar-refractivity contribution in [3.8, 4) is 16.9 Å². The zero-order chi connectivity index (χ0) is 23.8. The first-order chi connectivity index (χ1) is 17.1. The summed E-state index contributed by atoms with van der Waals surface area (Å²) in [6, 6.07) is 12.6. The standard InChI is InChI=1S/C28H33ClN2O4/c29-25-16-20(6-8-24(25)27(32)30-17-23-5-2-14-33-23)19-7-9-26-21(15-19)18-34-28(35-26)10-12-31(13-11-28)22-3-1-4-22/h6-9,15-16,22-23H,1-5,10-14,17-18H2,(H,30,32)/t23-/m0/s1. The number of piperidine rings is 1. The lowest BCUT2D eigenvalue weighted by atomic mass is 9.89. The molecule has 2 aromatic rings. The van der Waals surface area contributed by atoms with Crippen LogP contribution in [0.5, 0.6) is 5.75 Å². The van der Waals surface area contributed by atoms with E-state index in [1.807, 2.05) is 18.2 Å². The molecule has 0 bridgehead atoms. The molecular formula is C28H33ClN2O4. The third-order valence-corrected chi connectivity index (χ3v) is 8.37. The number of halogens is 1. The summed E-state index contributed by atoms with van der Waals surface area (Å²) in [6.07, 6.45) is 8.01. The van der Waals surface area contributed by atoms with Gasteiger partial charge in [-0.05, 0) is 61.1 Å². The summed E-state index contributed by atoms with van der Waals surface area (Å²) < 4.78 is 18.3. The van der Waals surface area contributed by atoms with E-state index in [0.29, 0.717) is 23.7 Å². The third kappa shape index (κ3) is 4.82. The Morgan fingerprint density at radius 1 is 1.06 bits per heavy atom. The lowest BCUT2D eigenvalue weighted by Gasteiger charge is -2.47. The fourth-order valence-electron chi connectivity index (χ4n) is 5.62. The average molecular weight is 497 g/mol. The summed E-state index contributed by atoms with van der Waals surface area (Å²) in [4.78, 5) is 15.2. The van der Waals surface area contributed by atoms with Crippen molar-refractivity contribution in [3.63, 3.8) is 0 Å². The summed E-state index contributed by atoms with van der Waals surface area (Å²) in [6.45, 7) is 3.92. The zero-order valence-electron chi connectivity index (χ0n) is 20.1. The molecule has 2 saturated heterocycles. The van der Waals surface area contributed by atoms with Crippen molar-refractivity contribution in [2.75, 3.05) is 26.2 Å². The first kappa shape index (κ1) is 23.3. The topological polar surface area (TPSA) is 60.0 Å². The molecule has 6 rings (SSSR count). The SMILES string of the molecule is O=C(NC[C@@H]1CCCO1)c1ccc(-c2ccc3c(c2)COC2(CCN(C4CCC4)CC2)O3)cc1Cl. The van der Waals surface area contributed by atoms with Crippen LogP contribution < -0.4 is 10.1 Å². The number of hydrogen-bond acceptors (Lipinski definition) is 5. The lowest BCUT2D eigenvalue weighted by Crippen LogP contribution is -2.54. The molecule has 3 aliphatic heterocycles. The molecule has 2 aromatic carbocycles. The molecule has 0 aromatic heterocycles. The minimum atomic E-state index is -0.489. The summed E-state index contributed by atoms with van der Waals surface area (Å²) in [7, 11) is 0. The second-order valence-corrected chi connectivity index (χ2v) is 10.7. The number of hydrogen-bond donors (Lipinski definition) is 1. The normalized spacial score (nSPS) is 24.0. The van der Waals surface area contributed by atoms with Crippen molar-refractivity contribution in [1.29, 1.82) is 0 Å². The molecule has 186 valence electrons. The largest absolute Gasteiger partial charge is 0.462 e. The van der Waals surface area contributed by atoms with Gasteiger partial charge in [-0.3, -0.25) is 9.69 Å². The highest BCUT2D eigenvalue weighted by Crippen LogP contribution is 2.40. The van der Waals surface area contributed by atoms with Crippen LogP contribution in [0.3, 0.4) is 0 Å². The van der Waals surface area contributed by atoms with Gasteiger partial charge in [0.05, 0.1) is 23.3 Å². The van der Waals surface area contributed by atoms with Gasteiger partial charge in [-0.1, -0.05) is 30.2 Å². The Morgan fingerprint density at radius 2 is 1.86 bits per heavy atom. The number of likely N-dealkylation sites (tertiary alicyclic amines) is 1. The highest BCUT2D eigenvalue weighted by molar-refractivity contribution is 6.34. The van der Waals surface area contributed by atoms with Gasteiger partial charge in [0.15, 0.2) is 0 Å². The van der Waals surface area contributed by atoms with Gasteiger partial charge >= 0.3 is 0 Å². The quantitative estimate of drug-likeness (QED) is 0.619. The number of fused-ring (bicyclic) bond motifs is 1. The predicted molar refractivity (Wildman–Crippen MR) is 135 cm³/mol. The maximum atomic E-state index is 12.6. The number of nitrogens with zero attached hydrogens (tertiary/aromatic N) is 1. The molecule has 1 spiro atoms. The number of amides is 1. The fraction of sp³-hybridized carbons (Fsp3) is 0.536. The number of ether oxygens (including phenoxy) is 3. The van der Waals surface area contributed by atoms with Gasteiger partial charge in [-0.2, -0.15) is 0 Å². The van der Waals surface area contributed by atoms with Gasteiger partial charge in [-0.15, -0.1) is 0 Å². The molecule has 3 fully saturated rings. The predicted octanol–water partition coefficient (Wildman–Crippen LogP) is 5.17.